The summed E-state index contributed by atoms with van der Waals surface area (Å²) in [6.45, 7) is 2.29. The van der Waals surface area contributed by atoms with E-state index < -0.39 is 5.97 Å². The van der Waals surface area contributed by atoms with Gasteiger partial charge in [0.1, 0.15) is 5.76 Å². The summed E-state index contributed by atoms with van der Waals surface area (Å²) in [5.74, 6) is 0.230. The van der Waals surface area contributed by atoms with Crippen LogP contribution in [-0.4, -0.2) is 29.4 Å². The average Bonchev–Trinajstić information content (AvgIpc) is 2.73. The van der Waals surface area contributed by atoms with Crippen molar-refractivity contribution in [2.75, 3.05) is 13.2 Å². The van der Waals surface area contributed by atoms with E-state index in [4.69, 9.17) is 14.4 Å². The van der Waals surface area contributed by atoms with Crippen LogP contribution in [-0.2, 0) is 11.2 Å². The standard InChI is InChI=1S/C11H17NO4/c1-2-15-11(14)10-8-9(16-12-10)6-4-3-5-7-13/h8,13H,2-7H2,1H3. The van der Waals surface area contributed by atoms with Crippen molar-refractivity contribution in [3.8, 4) is 0 Å². The van der Waals surface area contributed by atoms with Crippen LogP contribution in [0.1, 0.15) is 42.4 Å². The first-order valence-corrected chi connectivity index (χ1v) is 5.51. The number of unbranched alkanes of at least 4 members (excludes halogenated alkanes) is 2. The van der Waals surface area contributed by atoms with E-state index in [0.717, 1.165) is 25.7 Å². The second kappa shape index (κ2) is 7.00. The normalized spacial score (nSPS) is 10.4. The molecule has 1 heterocycles. The molecule has 5 nitrogen and oxygen atoms in total. The molecule has 0 radical (unpaired) electrons. The van der Waals surface area contributed by atoms with Gasteiger partial charge in [0.05, 0.1) is 6.61 Å². The lowest BCUT2D eigenvalue weighted by Gasteiger charge is -1.95. The maximum atomic E-state index is 11.3. The molecule has 90 valence electrons. The Bertz CT molecular complexity index is 322. The Balaban J connectivity index is 2.36. The fourth-order valence-corrected chi connectivity index (χ4v) is 1.32. The molecule has 1 N–H and O–H groups in total. The minimum atomic E-state index is -0.451. The van der Waals surface area contributed by atoms with Crippen LogP contribution in [0.25, 0.3) is 0 Å². The number of nitrogens with zero attached hydrogens (tertiary/aromatic N) is 1. The third-order valence-electron chi connectivity index (χ3n) is 2.12. The number of carbonyl (C=O) groups is 1. The summed E-state index contributed by atoms with van der Waals surface area (Å²) < 4.78 is 9.79. The van der Waals surface area contributed by atoms with Crippen molar-refractivity contribution < 1.29 is 19.2 Å². The Hall–Kier alpha value is -1.36. The van der Waals surface area contributed by atoms with Gasteiger partial charge >= 0.3 is 5.97 Å². The molecule has 0 aliphatic heterocycles. The highest BCUT2D eigenvalue weighted by atomic mass is 16.5. The SMILES string of the molecule is CCOC(=O)c1cc(CCCCCO)on1. The molecule has 1 rings (SSSR count). The Morgan fingerprint density at radius 3 is 3.00 bits per heavy atom. The van der Waals surface area contributed by atoms with Gasteiger partial charge in [0.25, 0.3) is 0 Å². The minimum Gasteiger partial charge on any atom is -0.461 e. The molecule has 0 bridgehead atoms. The topological polar surface area (TPSA) is 72.6 Å². The van der Waals surface area contributed by atoms with Crippen molar-refractivity contribution in [1.29, 1.82) is 0 Å². The highest BCUT2D eigenvalue weighted by molar-refractivity contribution is 5.87. The van der Waals surface area contributed by atoms with E-state index in [1.807, 2.05) is 0 Å². The predicted molar refractivity (Wildman–Crippen MR) is 57.1 cm³/mol. The van der Waals surface area contributed by atoms with Crippen LogP contribution in [0.4, 0.5) is 0 Å². The zero-order valence-corrected chi connectivity index (χ0v) is 9.44. The molecule has 0 saturated carbocycles. The van der Waals surface area contributed by atoms with E-state index in [1.54, 1.807) is 13.0 Å². The summed E-state index contributed by atoms with van der Waals surface area (Å²) in [5.41, 5.74) is 0.221. The van der Waals surface area contributed by atoms with Crippen LogP contribution in [0.3, 0.4) is 0 Å². The van der Waals surface area contributed by atoms with Crippen LogP contribution in [0.2, 0.25) is 0 Å². The molecule has 0 saturated heterocycles. The summed E-state index contributed by atoms with van der Waals surface area (Å²) in [4.78, 5) is 11.3. The highest BCUT2D eigenvalue weighted by Crippen LogP contribution is 2.09. The lowest BCUT2D eigenvalue weighted by Crippen LogP contribution is -2.04. The third-order valence-corrected chi connectivity index (χ3v) is 2.12. The maximum Gasteiger partial charge on any atom is 0.360 e. The number of hydrogen-bond donors (Lipinski definition) is 1. The van der Waals surface area contributed by atoms with Gasteiger partial charge in [-0.15, -0.1) is 0 Å². The molecule has 1 aromatic heterocycles. The van der Waals surface area contributed by atoms with Crippen molar-refractivity contribution in [1.82, 2.24) is 5.16 Å². The van der Waals surface area contributed by atoms with Crippen LogP contribution in [0.15, 0.2) is 10.6 Å². The lowest BCUT2D eigenvalue weighted by molar-refractivity contribution is 0.0514. The zero-order chi connectivity index (χ0) is 11.8. The van der Waals surface area contributed by atoms with E-state index in [9.17, 15) is 4.79 Å². The molecule has 5 heteroatoms. The first kappa shape index (κ1) is 12.7. The number of aliphatic hydroxyl groups is 1. The minimum absolute atomic E-state index is 0.213. The first-order valence-electron chi connectivity index (χ1n) is 5.51. The number of aliphatic hydroxyl groups excluding tert-OH is 1. The summed E-state index contributed by atoms with van der Waals surface area (Å²) >= 11 is 0. The van der Waals surface area contributed by atoms with Crippen LogP contribution >= 0.6 is 0 Å². The molecule has 0 unspecified atom stereocenters. The number of aryl methyl sites for hydroxylation is 1. The Labute approximate surface area is 94.4 Å². The van der Waals surface area contributed by atoms with Gasteiger partial charge in [0.2, 0.25) is 0 Å². The summed E-state index contributed by atoms with van der Waals surface area (Å²) in [6, 6.07) is 1.61. The summed E-state index contributed by atoms with van der Waals surface area (Å²) in [5, 5.41) is 12.2. The second-order valence-corrected chi connectivity index (χ2v) is 3.43. The van der Waals surface area contributed by atoms with Gasteiger partial charge in [-0.25, -0.2) is 4.79 Å². The van der Waals surface area contributed by atoms with Crippen LogP contribution in [0, 0.1) is 0 Å². The van der Waals surface area contributed by atoms with E-state index in [0.29, 0.717) is 12.4 Å². The van der Waals surface area contributed by atoms with Gasteiger partial charge < -0.3 is 14.4 Å². The Morgan fingerprint density at radius 2 is 2.31 bits per heavy atom. The molecule has 0 spiro atoms. The van der Waals surface area contributed by atoms with Crippen LogP contribution < -0.4 is 0 Å². The fourth-order valence-electron chi connectivity index (χ4n) is 1.32. The Kier molecular flexibility index (Phi) is 5.56. The number of ether oxygens (including phenoxy) is 1. The van der Waals surface area contributed by atoms with Crippen molar-refractivity contribution >= 4 is 5.97 Å². The number of rotatable bonds is 7. The van der Waals surface area contributed by atoms with Gasteiger partial charge in [-0.1, -0.05) is 11.6 Å². The fraction of sp³-hybridized carbons (Fsp3) is 0.636. The maximum absolute atomic E-state index is 11.3. The van der Waals surface area contributed by atoms with Crippen LogP contribution in [0.5, 0.6) is 0 Å². The van der Waals surface area contributed by atoms with Crippen molar-refractivity contribution in [3.63, 3.8) is 0 Å². The number of aromatic nitrogens is 1. The zero-order valence-electron chi connectivity index (χ0n) is 9.44. The molecule has 1 aromatic rings. The molecule has 0 fully saturated rings. The third kappa shape index (κ3) is 4.02. The second-order valence-electron chi connectivity index (χ2n) is 3.43. The molecule has 0 aliphatic carbocycles. The van der Waals surface area contributed by atoms with Gasteiger partial charge in [-0.2, -0.15) is 0 Å². The number of hydrogen-bond acceptors (Lipinski definition) is 5. The molecule has 0 amide bonds. The monoisotopic (exact) mass is 227 g/mol. The molecule has 0 atom stereocenters. The van der Waals surface area contributed by atoms with Crippen molar-refractivity contribution in [2.45, 2.75) is 32.6 Å². The smallest absolute Gasteiger partial charge is 0.360 e. The summed E-state index contributed by atoms with van der Waals surface area (Å²) in [7, 11) is 0. The average molecular weight is 227 g/mol. The quantitative estimate of drug-likeness (QED) is 0.565. The van der Waals surface area contributed by atoms with E-state index in [1.165, 1.54) is 0 Å². The van der Waals surface area contributed by atoms with Crippen molar-refractivity contribution in [3.05, 3.63) is 17.5 Å². The molecular weight excluding hydrogens is 210 g/mol. The van der Waals surface area contributed by atoms with Gasteiger partial charge in [0, 0.05) is 19.1 Å². The Morgan fingerprint density at radius 1 is 1.50 bits per heavy atom. The van der Waals surface area contributed by atoms with Gasteiger partial charge in [-0.3, -0.25) is 0 Å². The largest absolute Gasteiger partial charge is 0.461 e. The molecular formula is C11H17NO4. The number of esters is 1. The molecule has 0 aliphatic rings. The van der Waals surface area contributed by atoms with E-state index >= 15 is 0 Å². The summed E-state index contributed by atoms with van der Waals surface area (Å²) in [6.07, 6.45) is 3.37. The number of carbonyl (C=O) groups excluding carboxylic acids is 1. The lowest BCUT2D eigenvalue weighted by atomic mass is 10.1. The first-order chi connectivity index (χ1) is 7.77. The molecule has 0 aromatic carbocycles. The van der Waals surface area contributed by atoms with E-state index in [-0.39, 0.29) is 12.3 Å². The van der Waals surface area contributed by atoms with Gasteiger partial charge in [-0.05, 0) is 19.8 Å². The predicted octanol–water partition coefficient (Wildman–Crippen LogP) is 1.56. The van der Waals surface area contributed by atoms with E-state index in [2.05, 4.69) is 5.16 Å². The van der Waals surface area contributed by atoms with Crippen molar-refractivity contribution in [2.24, 2.45) is 0 Å². The molecule has 16 heavy (non-hydrogen) atoms. The highest BCUT2D eigenvalue weighted by Gasteiger charge is 2.12. The van der Waals surface area contributed by atoms with Gasteiger partial charge in [0.15, 0.2) is 5.69 Å².